The predicted molar refractivity (Wildman–Crippen MR) is 123 cm³/mol. The molecule has 0 spiro atoms. The van der Waals surface area contributed by atoms with Gasteiger partial charge in [-0.3, -0.25) is 14.3 Å². The molecular formula is C21H17ClN6O5S. The van der Waals surface area contributed by atoms with Crippen molar-refractivity contribution in [2.24, 2.45) is 15.3 Å². The number of hydrogen-bond donors (Lipinski definition) is 1. The first-order valence-electron chi connectivity index (χ1n) is 9.80. The zero-order valence-corrected chi connectivity index (χ0v) is 19.4. The Balaban J connectivity index is 1.45. The molecule has 0 aliphatic carbocycles. The van der Waals surface area contributed by atoms with Crippen LogP contribution < -0.4 is 4.72 Å². The van der Waals surface area contributed by atoms with E-state index in [2.05, 4.69) is 25.2 Å². The van der Waals surface area contributed by atoms with Crippen LogP contribution in [0.15, 0.2) is 79.3 Å². The lowest BCUT2D eigenvalue weighted by Gasteiger charge is -2.10. The fraction of sp³-hybridized carbons (Fsp3) is 0.143. The average Bonchev–Trinajstić information content (AvgIpc) is 3.33. The number of rotatable bonds is 6. The SMILES string of the molecule is CC1=NN(C(=O)c2ccc(Cl)cc2)C(=O)C1N=Nc1ccc(S(=O)(=O)Nc2cc(C)on2)cc1. The van der Waals surface area contributed by atoms with Gasteiger partial charge in [0.2, 0.25) is 0 Å². The van der Waals surface area contributed by atoms with Crippen LogP contribution in [-0.4, -0.2) is 42.2 Å². The largest absolute Gasteiger partial charge is 0.360 e. The van der Waals surface area contributed by atoms with Crippen LogP contribution >= 0.6 is 11.6 Å². The maximum Gasteiger partial charge on any atom is 0.282 e. The third-order valence-corrected chi connectivity index (χ3v) is 6.30. The first-order valence-corrected chi connectivity index (χ1v) is 11.7. The number of halogens is 1. The summed E-state index contributed by atoms with van der Waals surface area (Å²) in [6.07, 6.45) is 0. The molecule has 13 heteroatoms. The Labute approximate surface area is 199 Å². The number of carbonyl (C=O) groups is 2. The van der Waals surface area contributed by atoms with Gasteiger partial charge in [0, 0.05) is 16.7 Å². The second kappa shape index (κ2) is 9.15. The second-order valence-electron chi connectivity index (χ2n) is 7.24. The lowest BCUT2D eigenvalue weighted by atomic mass is 10.2. The van der Waals surface area contributed by atoms with Crippen molar-refractivity contribution in [2.75, 3.05) is 4.72 Å². The molecule has 1 aromatic heterocycles. The average molecular weight is 501 g/mol. The fourth-order valence-electron chi connectivity index (χ4n) is 2.98. The zero-order valence-electron chi connectivity index (χ0n) is 17.8. The molecule has 1 unspecified atom stereocenters. The van der Waals surface area contributed by atoms with E-state index in [9.17, 15) is 18.0 Å². The first kappa shape index (κ1) is 23.3. The second-order valence-corrected chi connectivity index (χ2v) is 9.36. The number of imide groups is 1. The summed E-state index contributed by atoms with van der Waals surface area (Å²) in [5, 5.41) is 16.8. The molecule has 1 N–H and O–H groups in total. The van der Waals surface area contributed by atoms with Crippen LogP contribution in [0.3, 0.4) is 0 Å². The maximum atomic E-state index is 12.7. The van der Waals surface area contributed by atoms with Gasteiger partial charge in [0.25, 0.3) is 21.8 Å². The van der Waals surface area contributed by atoms with Gasteiger partial charge in [-0.15, -0.1) is 0 Å². The Hall–Kier alpha value is -3.90. The molecule has 11 nitrogen and oxygen atoms in total. The number of azo groups is 1. The van der Waals surface area contributed by atoms with Gasteiger partial charge in [-0.05, 0) is 62.4 Å². The summed E-state index contributed by atoms with van der Waals surface area (Å²) in [4.78, 5) is 25.3. The number of amides is 2. The molecule has 4 rings (SSSR count). The molecule has 174 valence electrons. The highest BCUT2D eigenvalue weighted by molar-refractivity contribution is 7.92. The molecule has 1 atom stereocenters. The highest BCUT2D eigenvalue weighted by atomic mass is 35.5. The van der Waals surface area contributed by atoms with E-state index in [-0.39, 0.29) is 16.3 Å². The van der Waals surface area contributed by atoms with Crippen LogP contribution in [0, 0.1) is 6.92 Å². The van der Waals surface area contributed by atoms with Crippen molar-refractivity contribution in [1.82, 2.24) is 10.2 Å². The molecule has 0 fully saturated rings. The molecule has 2 amide bonds. The van der Waals surface area contributed by atoms with Gasteiger partial charge >= 0.3 is 0 Å². The van der Waals surface area contributed by atoms with E-state index in [1.165, 1.54) is 54.6 Å². The van der Waals surface area contributed by atoms with Crippen LogP contribution in [0.1, 0.15) is 23.0 Å². The van der Waals surface area contributed by atoms with Gasteiger partial charge in [0.15, 0.2) is 11.9 Å². The van der Waals surface area contributed by atoms with E-state index in [4.69, 9.17) is 16.1 Å². The molecule has 0 bridgehead atoms. The summed E-state index contributed by atoms with van der Waals surface area (Å²) in [6, 6.07) is 11.9. The Morgan fingerprint density at radius 1 is 1.12 bits per heavy atom. The summed E-state index contributed by atoms with van der Waals surface area (Å²) < 4.78 is 32.1. The van der Waals surface area contributed by atoms with Gasteiger partial charge in [-0.2, -0.15) is 20.3 Å². The fourth-order valence-corrected chi connectivity index (χ4v) is 4.09. The van der Waals surface area contributed by atoms with Gasteiger partial charge in [-0.25, -0.2) is 8.42 Å². The normalized spacial score (nSPS) is 16.2. The van der Waals surface area contributed by atoms with E-state index in [1.54, 1.807) is 13.8 Å². The number of hydrazone groups is 1. The number of nitrogens with zero attached hydrogens (tertiary/aromatic N) is 5. The van der Waals surface area contributed by atoms with Gasteiger partial charge in [0.05, 0.1) is 16.3 Å². The summed E-state index contributed by atoms with van der Waals surface area (Å²) >= 11 is 5.83. The summed E-state index contributed by atoms with van der Waals surface area (Å²) in [5.74, 6) is -0.730. The number of carbonyl (C=O) groups excluding carboxylic acids is 2. The minimum Gasteiger partial charge on any atom is -0.360 e. The van der Waals surface area contributed by atoms with E-state index in [0.29, 0.717) is 22.2 Å². The van der Waals surface area contributed by atoms with Crippen molar-refractivity contribution in [1.29, 1.82) is 0 Å². The van der Waals surface area contributed by atoms with E-state index in [1.807, 2.05) is 0 Å². The summed E-state index contributed by atoms with van der Waals surface area (Å²) in [7, 11) is -3.88. The molecule has 0 saturated carbocycles. The molecule has 1 aliphatic rings. The highest BCUT2D eigenvalue weighted by Crippen LogP contribution is 2.22. The molecule has 34 heavy (non-hydrogen) atoms. The predicted octanol–water partition coefficient (Wildman–Crippen LogP) is 3.95. The van der Waals surface area contributed by atoms with Crippen LogP contribution in [0.2, 0.25) is 5.02 Å². The van der Waals surface area contributed by atoms with Crippen molar-refractivity contribution < 1.29 is 22.5 Å². The van der Waals surface area contributed by atoms with Gasteiger partial charge in [0.1, 0.15) is 5.76 Å². The first-order chi connectivity index (χ1) is 16.1. The van der Waals surface area contributed by atoms with Gasteiger partial charge in [-0.1, -0.05) is 16.8 Å². The zero-order chi connectivity index (χ0) is 24.5. The van der Waals surface area contributed by atoms with Gasteiger partial charge < -0.3 is 4.52 Å². The molecular weight excluding hydrogens is 484 g/mol. The van der Waals surface area contributed by atoms with Crippen LogP contribution in [-0.2, 0) is 14.8 Å². The lowest BCUT2D eigenvalue weighted by Crippen LogP contribution is -2.34. The standard InChI is InChI=1S/C21H17ClN6O5S/c1-12-11-18(26-33-12)27-34(31,32)17-9-7-16(8-10-17)23-24-19-13(2)25-28(21(19)30)20(29)14-3-5-15(22)6-4-14/h3-11,19H,1-2H3,(H,26,27). The third-order valence-electron chi connectivity index (χ3n) is 4.68. The molecule has 0 radical (unpaired) electrons. The molecule has 1 aliphatic heterocycles. The van der Waals surface area contributed by atoms with Crippen LogP contribution in [0.4, 0.5) is 11.5 Å². The number of aryl methyl sites for hydroxylation is 1. The van der Waals surface area contributed by atoms with Crippen molar-refractivity contribution in [3.63, 3.8) is 0 Å². The smallest absolute Gasteiger partial charge is 0.282 e. The number of hydrogen-bond acceptors (Lipinski definition) is 9. The quantitative estimate of drug-likeness (QED) is 0.400. The number of aromatic nitrogens is 1. The Morgan fingerprint density at radius 3 is 2.41 bits per heavy atom. The number of benzene rings is 2. The lowest BCUT2D eigenvalue weighted by molar-refractivity contribution is -0.127. The topological polar surface area (TPSA) is 147 Å². The minimum absolute atomic E-state index is 0.0264. The van der Waals surface area contributed by atoms with E-state index < -0.39 is 27.9 Å². The highest BCUT2D eigenvalue weighted by Gasteiger charge is 2.38. The minimum atomic E-state index is -3.88. The van der Waals surface area contributed by atoms with Crippen molar-refractivity contribution in [2.45, 2.75) is 24.8 Å². The molecule has 2 heterocycles. The Kier molecular flexibility index (Phi) is 6.26. The molecule has 0 saturated heterocycles. The number of sulfonamides is 1. The molecule has 3 aromatic rings. The van der Waals surface area contributed by atoms with Crippen LogP contribution in [0.5, 0.6) is 0 Å². The Morgan fingerprint density at radius 2 is 1.79 bits per heavy atom. The maximum absolute atomic E-state index is 12.7. The van der Waals surface area contributed by atoms with Crippen LogP contribution in [0.25, 0.3) is 0 Å². The summed E-state index contributed by atoms with van der Waals surface area (Å²) in [6.45, 7) is 3.20. The monoisotopic (exact) mass is 500 g/mol. The summed E-state index contributed by atoms with van der Waals surface area (Å²) in [5.41, 5.74) is 0.847. The number of nitrogens with one attached hydrogen (secondary N) is 1. The molecule has 2 aromatic carbocycles. The van der Waals surface area contributed by atoms with E-state index in [0.717, 1.165) is 5.01 Å². The third kappa shape index (κ3) is 4.87. The van der Waals surface area contributed by atoms with Crippen molar-refractivity contribution >= 4 is 50.7 Å². The van der Waals surface area contributed by atoms with Crippen molar-refractivity contribution in [3.8, 4) is 0 Å². The Bertz CT molecular complexity index is 1410. The van der Waals surface area contributed by atoms with Crippen molar-refractivity contribution in [3.05, 3.63) is 70.9 Å². The van der Waals surface area contributed by atoms with E-state index >= 15 is 0 Å². The number of anilines is 1.